The number of nitriles is 2. The van der Waals surface area contributed by atoms with Gasteiger partial charge in [0.2, 0.25) is 5.91 Å². The van der Waals surface area contributed by atoms with Crippen molar-refractivity contribution >= 4 is 5.91 Å². The highest BCUT2D eigenvalue weighted by Crippen LogP contribution is 2.19. The zero-order valence-corrected chi connectivity index (χ0v) is 15.0. The molecule has 2 rings (SSSR count). The number of rotatable bonds is 7. The molecule has 1 amide bonds. The minimum Gasteiger partial charge on any atom is -0.316 e. The molecule has 134 valence electrons. The molecule has 0 aromatic carbocycles. The van der Waals surface area contributed by atoms with Crippen molar-refractivity contribution in [1.82, 2.24) is 24.6 Å². The van der Waals surface area contributed by atoms with Gasteiger partial charge in [-0.05, 0) is 39.2 Å². The molecule has 0 spiro atoms. The number of nitrogens with zero attached hydrogens (tertiary/aromatic N) is 7. The van der Waals surface area contributed by atoms with E-state index in [1.165, 1.54) is 4.90 Å². The van der Waals surface area contributed by atoms with Crippen LogP contribution in [0.2, 0.25) is 0 Å². The second-order valence-corrected chi connectivity index (χ2v) is 6.51. The van der Waals surface area contributed by atoms with Gasteiger partial charge < -0.3 is 9.80 Å². The van der Waals surface area contributed by atoms with E-state index in [9.17, 15) is 4.79 Å². The van der Waals surface area contributed by atoms with E-state index >= 15 is 0 Å². The first-order valence-corrected chi connectivity index (χ1v) is 8.65. The highest BCUT2D eigenvalue weighted by molar-refractivity contribution is 5.76. The van der Waals surface area contributed by atoms with E-state index in [0.29, 0.717) is 18.9 Å². The highest BCUT2D eigenvalue weighted by atomic mass is 16.2. The second kappa shape index (κ2) is 9.14. The van der Waals surface area contributed by atoms with Gasteiger partial charge in [-0.3, -0.25) is 4.79 Å². The molecule has 0 saturated carbocycles. The summed E-state index contributed by atoms with van der Waals surface area (Å²) in [6.07, 6.45) is 2.60. The first kappa shape index (κ1) is 18.9. The third-order valence-electron chi connectivity index (χ3n) is 4.51. The summed E-state index contributed by atoms with van der Waals surface area (Å²) >= 11 is 0. The standard InChI is InChI=1S/C17H25N7O/c1-14-20-15(2)24(21-14)13-16-4-3-8-22(12-16)9-5-17(25)23(10-6-18)11-7-19/h16H,3-5,8-13H2,1-2H3/t16-/m1/s1. The van der Waals surface area contributed by atoms with Crippen LogP contribution in [-0.4, -0.2) is 63.2 Å². The molecule has 1 aromatic rings. The Balaban J connectivity index is 1.83. The molecular weight excluding hydrogens is 318 g/mol. The summed E-state index contributed by atoms with van der Waals surface area (Å²) < 4.78 is 1.97. The summed E-state index contributed by atoms with van der Waals surface area (Å²) in [6.45, 7) is 7.25. The Hall–Kier alpha value is -2.45. The summed E-state index contributed by atoms with van der Waals surface area (Å²) in [5.74, 6) is 2.10. The van der Waals surface area contributed by atoms with Gasteiger partial charge in [0.05, 0.1) is 12.1 Å². The molecule has 1 atom stereocenters. The number of hydrogen-bond donors (Lipinski definition) is 0. The zero-order chi connectivity index (χ0) is 18.2. The number of carbonyl (C=O) groups is 1. The molecule has 1 aliphatic heterocycles. The van der Waals surface area contributed by atoms with Gasteiger partial charge in [0.15, 0.2) is 0 Å². The minimum atomic E-state index is -0.132. The van der Waals surface area contributed by atoms with Crippen LogP contribution in [0.15, 0.2) is 0 Å². The molecule has 1 fully saturated rings. The normalized spacial score (nSPS) is 17.7. The molecule has 8 heteroatoms. The maximum atomic E-state index is 12.2. The van der Waals surface area contributed by atoms with Crippen molar-refractivity contribution in [3.05, 3.63) is 11.6 Å². The van der Waals surface area contributed by atoms with Gasteiger partial charge >= 0.3 is 0 Å². The van der Waals surface area contributed by atoms with Crippen molar-refractivity contribution in [2.75, 3.05) is 32.7 Å². The summed E-state index contributed by atoms with van der Waals surface area (Å²) in [6, 6.07) is 3.88. The molecule has 2 heterocycles. The summed E-state index contributed by atoms with van der Waals surface area (Å²) in [5, 5.41) is 21.9. The van der Waals surface area contributed by atoms with Gasteiger partial charge in [0.25, 0.3) is 0 Å². The van der Waals surface area contributed by atoms with Crippen molar-refractivity contribution in [3.8, 4) is 12.1 Å². The average molecular weight is 343 g/mol. The number of aryl methyl sites for hydroxylation is 2. The number of aromatic nitrogens is 3. The minimum absolute atomic E-state index is 0.0278. The van der Waals surface area contributed by atoms with Crippen LogP contribution in [0.3, 0.4) is 0 Å². The first-order valence-electron chi connectivity index (χ1n) is 8.65. The van der Waals surface area contributed by atoms with Crippen molar-refractivity contribution in [2.45, 2.75) is 39.7 Å². The monoisotopic (exact) mass is 343 g/mol. The predicted octanol–water partition coefficient (Wildman–Crippen LogP) is 0.873. The van der Waals surface area contributed by atoms with E-state index in [1.807, 2.05) is 30.7 Å². The van der Waals surface area contributed by atoms with Crippen LogP contribution < -0.4 is 0 Å². The molecule has 1 aromatic heterocycles. The van der Waals surface area contributed by atoms with Crippen LogP contribution in [-0.2, 0) is 11.3 Å². The smallest absolute Gasteiger partial charge is 0.225 e. The van der Waals surface area contributed by atoms with Gasteiger partial charge in [-0.2, -0.15) is 15.6 Å². The van der Waals surface area contributed by atoms with Crippen LogP contribution in [0.5, 0.6) is 0 Å². The van der Waals surface area contributed by atoms with Crippen molar-refractivity contribution in [1.29, 1.82) is 10.5 Å². The van der Waals surface area contributed by atoms with Crippen molar-refractivity contribution < 1.29 is 4.79 Å². The van der Waals surface area contributed by atoms with Gasteiger partial charge in [0, 0.05) is 26.1 Å². The summed E-state index contributed by atoms with van der Waals surface area (Å²) in [7, 11) is 0. The summed E-state index contributed by atoms with van der Waals surface area (Å²) in [4.78, 5) is 20.1. The molecule has 0 N–H and O–H groups in total. The van der Waals surface area contributed by atoms with Crippen LogP contribution in [0, 0.1) is 42.4 Å². The average Bonchev–Trinajstić information content (AvgIpc) is 2.90. The Bertz CT molecular complexity index is 654. The molecular formula is C17H25N7O. The van der Waals surface area contributed by atoms with E-state index < -0.39 is 0 Å². The van der Waals surface area contributed by atoms with E-state index in [2.05, 4.69) is 15.0 Å². The number of amides is 1. The third kappa shape index (κ3) is 5.54. The molecule has 0 aliphatic carbocycles. The Morgan fingerprint density at radius 1 is 1.32 bits per heavy atom. The Morgan fingerprint density at radius 3 is 2.64 bits per heavy atom. The lowest BCUT2D eigenvalue weighted by atomic mass is 9.98. The van der Waals surface area contributed by atoms with E-state index in [0.717, 1.165) is 44.1 Å². The third-order valence-corrected chi connectivity index (χ3v) is 4.51. The van der Waals surface area contributed by atoms with Gasteiger partial charge in [-0.25, -0.2) is 9.67 Å². The fourth-order valence-electron chi connectivity index (χ4n) is 3.30. The number of likely N-dealkylation sites (tertiary alicyclic amines) is 1. The van der Waals surface area contributed by atoms with Crippen molar-refractivity contribution in [3.63, 3.8) is 0 Å². The molecule has 0 bridgehead atoms. The molecule has 8 nitrogen and oxygen atoms in total. The summed E-state index contributed by atoms with van der Waals surface area (Å²) in [5.41, 5.74) is 0. The number of hydrogen-bond acceptors (Lipinski definition) is 6. The van der Waals surface area contributed by atoms with Gasteiger partial charge in [0.1, 0.15) is 24.7 Å². The SMILES string of the molecule is Cc1nc(C)n(C[C@@H]2CCCN(CCC(=O)N(CC#N)CC#N)C2)n1. The van der Waals surface area contributed by atoms with Crippen LogP contribution in [0.1, 0.15) is 30.9 Å². The molecule has 25 heavy (non-hydrogen) atoms. The van der Waals surface area contributed by atoms with E-state index in [-0.39, 0.29) is 19.0 Å². The Labute approximate surface area is 148 Å². The number of carbonyl (C=O) groups excluding carboxylic acids is 1. The Kier molecular flexibility index (Phi) is 6.91. The van der Waals surface area contributed by atoms with E-state index in [4.69, 9.17) is 10.5 Å². The topological polar surface area (TPSA) is 102 Å². The first-order chi connectivity index (χ1) is 12.0. The molecule has 0 radical (unpaired) electrons. The number of piperidine rings is 1. The maximum Gasteiger partial charge on any atom is 0.225 e. The lowest BCUT2D eigenvalue weighted by molar-refractivity contribution is -0.130. The van der Waals surface area contributed by atoms with Crippen LogP contribution in [0.25, 0.3) is 0 Å². The van der Waals surface area contributed by atoms with Gasteiger partial charge in [-0.15, -0.1) is 0 Å². The molecule has 1 aliphatic rings. The fraction of sp³-hybridized carbons (Fsp3) is 0.706. The molecule has 0 unspecified atom stereocenters. The lowest BCUT2D eigenvalue weighted by Gasteiger charge is -2.33. The van der Waals surface area contributed by atoms with E-state index in [1.54, 1.807) is 0 Å². The quantitative estimate of drug-likeness (QED) is 0.681. The van der Waals surface area contributed by atoms with Crippen LogP contribution in [0.4, 0.5) is 0 Å². The lowest BCUT2D eigenvalue weighted by Crippen LogP contribution is -2.40. The Morgan fingerprint density at radius 2 is 2.04 bits per heavy atom. The second-order valence-electron chi connectivity index (χ2n) is 6.51. The van der Waals surface area contributed by atoms with Crippen molar-refractivity contribution in [2.24, 2.45) is 5.92 Å². The molecule has 1 saturated heterocycles. The predicted molar refractivity (Wildman–Crippen MR) is 91.1 cm³/mol. The zero-order valence-electron chi connectivity index (χ0n) is 15.0. The fourth-order valence-corrected chi connectivity index (χ4v) is 3.30. The van der Waals surface area contributed by atoms with Gasteiger partial charge in [-0.1, -0.05) is 0 Å². The largest absolute Gasteiger partial charge is 0.316 e. The maximum absolute atomic E-state index is 12.2. The van der Waals surface area contributed by atoms with Crippen LogP contribution >= 0.6 is 0 Å². The highest BCUT2D eigenvalue weighted by Gasteiger charge is 2.22.